The van der Waals surface area contributed by atoms with Crippen LogP contribution in [0.3, 0.4) is 0 Å². The predicted molar refractivity (Wildman–Crippen MR) is 104 cm³/mol. The van der Waals surface area contributed by atoms with Crippen molar-refractivity contribution in [2.45, 2.75) is 6.18 Å². The van der Waals surface area contributed by atoms with Crippen LogP contribution in [-0.4, -0.2) is 10.2 Å². The topological polar surface area (TPSA) is 20.3 Å². The molecular formula is C17H8Cl2F3NOS2. The lowest BCUT2D eigenvalue weighted by Gasteiger charge is -2.16. The van der Waals surface area contributed by atoms with Gasteiger partial charge in [-0.2, -0.15) is 13.2 Å². The normalized spacial score (nSPS) is 16.7. The largest absolute Gasteiger partial charge is 0.416 e. The second-order valence-electron chi connectivity index (χ2n) is 5.23. The van der Waals surface area contributed by atoms with Gasteiger partial charge in [-0.1, -0.05) is 59.3 Å². The zero-order chi connectivity index (χ0) is 19.1. The summed E-state index contributed by atoms with van der Waals surface area (Å²) >= 11 is 18.3. The maximum absolute atomic E-state index is 12.7. The lowest BCUT2D eigenvalue weighted by atomic mass is 10.1. The van der Waals surface area contributed by atoms with E-state index in [2.05, 4.69) is 0 Å². The number of halogens is 5. The molecule has 0 radical (unpaired) electrons. The summed E-state index contributed by atoms with van der Waals surface area (Å²) in [7, 11) is 0. The Morgan fingerprint density at radius 1 is 1.08 bits per heavy atom. The number of hydrogen-bond donors (Lipinski definition) is 0. The van der Waals surface area contributed by atoms with Gasteiger partial charge in [0.05, 0.1) is 21.2 Å². The molecule has 1 aliphatic rings. The average molecular weight is 434 g/mol. The van der Waals surface area contributed by atoms with E-state index in [9.17, 15) is 18.0 Å². The molecule has 1 amide bonds. The summed E-state index contributed by atoms with van der Waals surface area (Å²) in [5, 5.41) is 0.689. The van der Waals surface area contributed by atoms with Crippen molar-refractivity contribution in [1.82, 2.24) is 0 Å². The Balaban J connectivity index is 1.90. The van der Waals surface area contributed by atoms with Crippen molar-refractivity contribution in [3.63, 3.8) is 0 Å². The fraction of sp³-hybridized carbons (Fsp3) is 0.0588. The molecule has 0 unspecified atom stereocenters. The van der Waals surface area contributed by atoms with Crippen LogP contribution in [0.2, 0.25) is 10.0 Å². The molecule has 0 bridgehead atoms. The molecule has 0 aromatic heterocycles. The van der Waals surface area contributed by atoms with E-state index in [0.717, 1.165) is 23.9 Å². The number of benzene rings is 2. The van der Waals surface area contributed by atoms with E-state index in [0.29, 0.717) is 21.2 Å². The number of thiocarbonyl (C=S) groups is 1. The first-order valence-electron chi connectivity index (χ1n) is 7.07. The zero-order valence-electron chi connectivity index (χ0n) is 12.7. The lowest BCUT2D eigenvalue weighted by molar-refractivity contribution is -0.137. The fourth-order valence-corrected chi connectivity index (χ4v) is 4.04. The van der Waals surface area contributed by atoms with E-state index in [1.165, 1.54) is 29.2 Å². The maximum atomic E-state index is 12.7. The third-order valence-electron chi connectivity index (χ3n) is 3.48. The summed E-state index contributed by atoms with van der Waals surface area (Å²) in [4.78, 5) is 14.2. The molecule has 0 atom stereocenters. The standard InChI is InChI=1S/C17H8Cl2F3NOS2/c18-11-5-6-13(12(19)8-11)23-15(24)14(26-16(23)25)7-9-1-3-10(4-2-9)17(20,21)22/h1-8H/b14-7+. The van der Waals surface area contributed by atoms with Gasteiger partial charge in [0.1, 0.15) is 0 Å². The highest BCUT2D eigenvalue weighted by molar-refractivity contribution is 8.27. The summed E-state index contributed by atoms with van der Waals surface area (Å²) in [6.07, 6.45) is -2.92. The predicted octanol–water partition coefficient (Wildman–Crippen LogP) is 6.42. The monoisotopic (exact) mass is 433 g/mol. The highest BCUT2D eigenvalue weighted by atomic mass is 35.5. The molecule has 9 heteroatoms. The van der Waals surface area contributed by atoms with Crippen molar-refractivity contribution in [3.05, 3.63) is 68.5 Å². The minimum atomic E-state index is -4.41. The van der Waals surface area contributed by atoms with E-state index >= 15 is 0 Å². The van der Waals surface area contributed by atoms with Crippen LogP contribution in [0.1, 0.15) is 11.1 Å². The Morgan fingerprint density at radius 3 is 2.31 bits per heavy atom. The molecule has 3 rings (SSSR count). The van der Waals surface area contributed by atoms with Gasteiger partial charge in [0, 0.05) is 5.02 Å². The van der Waals surface area contributed by atoms with E-state index in [4.69, 9.17) is 35.4 Å². The molecule has 1 fully saturated rings. The minimum Gasteiger partial charge on any atom is -0.268 e. The lowest BCUT2D eigenvalue weighted by Crippen LogP contribution is -2.27. The number of carbonyl (C=O) groups is 1. The van der Waals surface area contributed by atoms with Crippen LogP contribution in [0.5, 0.6) is 0 Å². The van der Waals surface area contributed by atoms with Gasteiger partial charge in [-0.15, -0.1) is 0 Å². The van der Waals surface area contributed by atoms with Gasteiger partial charge in [0.25, 0.3) is 5.91 Å². The summed E-state index contributed by atoms with van der Waals surface area (Å²) < 4.78 is 38.1. The molecule has 2 nitrogen and oxygen atoms in total. The van der Waals surface area contributed by atoms with Crippen LogP contribution in [0.15, 0.2) is 47.4 Å². The van der Waals surface area contributed by atoms with Crippen molar-refractivity contribution in [1.29, 1.82) is 0 Å². The number of alkyl halides is 3. The first kappa shape index (κ1) is 19.2. The van der Waals surface area contributed by atoms with Crippen LogP contribution in [0.25, 0.3) is 6.08 Å². The third kappa shape index (κ3) is 3.91. The molecule has 26 heavy (non-hydrogen) atoms. The Bertz CT molecular complexity index is 927. The van der Waals surface area contributed by atoms with Crippen molar-refractivity contribution in [2.75, 3.05) is 4.90 Å². The molecule has 1 aliphatic heterocycles. The molecule has 0 aliphatic carbocycles. The summed E-state index contributed by atoms with van der Waals surface area (Å²) in [5.74, 6) is -0.399. The number of rotatable bonds is 2. The molecule has 134 valence electrons. The first-order valence-corrected chi connectivity index (χ1v) is 9.05. The number of hydrogen-bond acceptors (Lipinski definition) is 3. The van der Waals surface area contributed by atoms with Gasteiger partial charge in [0.15, 0.2) is 4.32 Å². The van der Waals surface area contributed by atoms with Gasteiger partial charge in [-0.05, 0) is 42.0 Å². The van der Waals surface area contributed by atoms with E-state index in [1.807, 2.05) is 0 Å². The van der Waals surface area contributed by atoms with Gasteiger partial charge < -0.3 is 0 Å². The molecule has 1 saturated heterocycles. The van der Waals surface area contributed by atoms with Crippen molar-refractivity contribution in [3.8, 4) is 0 Å². The Hall–Kier alpha value is -1.54. The number of amides is 1. The zero-order valence-corrected chi connectivity index (χ0v) is 15.8. The van der Waals surface area contributed by atoms with Gasteiger partial charge >= 0.3 is 6.18 Å². The van der Waals surface area contributed by atoms with Crippen molar-refractivity contribution in [2.24, 2.45) is 0 Å². The van der Waals surface area contributed by atoms with Crippen LogP contribution in [0, 0.1) is 0 Å². The number of nitrogens with zero attached hydrogens (tertiary/aromatic N) is 1. The number of thioether (sulfide) groups is 1. The highest BCUT2D eigenvalue weighted by Crippen LogP contribution is 2.39. The fourth-order valence-electron chi connectivity index (χ4n) is 2.26. The van der Waals surface area contributed by atoms with Gasteiger partial charge in [0.2, 0.25) is 0 Å². The smallest absolute Gasteiger partial charge is 0.268 e. The van der Waals surface area contributed by atoms with E-state index < -0.39 is 17.6 Å². The number of carbonyl (C=O) groups excluding carboxylic acids is 1. The Kier molecular flexibility index (Phi) is 5.35. The van der Waals surface area contributed by atoms with Crippen LogP contribution < -0.4 is 4.90 Å². The second-order valence-corrected chi connectivity index (χ2v) is 7.75. The second kappa shape index (κ2) is 7.23. The molecule has 2 aromatic carbocycles. The average Bonchev–Trinajstić information content (AvgIpc) is 2.82. The summed E-state index contributed by atoms with van der Waals surface area (Å²) in [5.41, 5.74) is 0.102. The Labute approximate surface area is 166 Å². The number of anilines is 1. The quantitative estimate of drug-likeness (QED) is 0.402. The van der Waals surface area contributed by atoms with Crippen LogP contribution in [-0.2, 0) is 11.0 Å². The van der Waals surface area contributed by atoms with Gasteiger partial charge in [-0.3, -0.25) is 9.69 Å². The maximum Gasteiger partial charge on any atom is 0.416 e. The molecule has 0 spiro atoms. The molecule has 1 heterocycles. The summed E-state index contributed by atoms with van der Waals surface area (Å²) in [6.45, 7) is 0. The molecular weight excluding hydrogens is 426 g/mol. The van der Waals surface area contributed by atoms with Crippen molar-refractivity contribution < 1.29 is 18.0 Å². The Morgan fingerprint density at radius 2 is 1.73 bits per heavy atom. The highest BCUT2D eigenvalue weighted by Gasteiger charge is 2.34. The minimum absolute atomic E-state index is 0.268. The first-order chi connectivity index (χ1) is 12.2. The van der Waals surface area contributed by atoms with Crippen LogP contribution in [0.4, 0.5) is 18.9 Å². The third-order valence-corrected chi connectivity index (χ3v) is 5.32. The van der Waals surface area contributed by atoms with Crippen LogP contribution >= 0.6 is 47.2 Å². The molecule has 0 saturated carbocycles. The van der Waals surface area contributed by atoms with E-state index in [1.54, 1.807) is 12.1 Å². The molecule has 0 N–H and O–H groups in total. The van der Waals surface area contributed by atoms with E-state index in [-0.39, 0.29) is 9.34 Å². The summed E-state index contributed by atoms with van der Waals surface area (Å²) in [6, 6.07) is 9.18. The SMILES string of the molecule is O=C1/C(=C\c2ccc(C(F)(F)F)cc2)SC(=S)N1c1ccc(Cl)cc1Cl. The van der Waals surface area contributed by atoms with Gasteiger partial charge in [-0.25, -0.2) is 0 Å². The molecule has 2 aromatic rings. The van der Waals surface area contributed by atoms with Crippen molar-refractivity contribution >= 4 is 69.2 Å².